The first-order chi connectivity index (χ1) is 10.4. The lowest BCUT2D eigenvalue weighted by molar-refractivity contribution is 0.422. The van der Waals surface area contributed by atoms with Gasteiger partial charge in [0.15, 0.2) is 5.82 Å². The van der Waals surface area contributed by atoms with Crippen LogP contribution in [0.25, 0.3) is 11.5 Å². The highest BCUT2D eigenvalue weighted by Crippen LogP contribution is 2.22. The minimum atomic E-state index is 0.579. The zero-order valence-electron chi connectivity index (χ0n) is 12.4. The van der Waals surface area contributed by atoms with E-state index in [0.717, 1.165) is 62.6 Å². The molecule has 3 rings (SSSR count). The molecule has 6 heteroatoms. The number of nitrogens with one attached hydrogen (secondary N) is 1. The second kappa shape index (κ2) is 6.67. The summed E-state index contributed by atoms with van der Waals surface area (Å²) in [5.74, 6) is 2.33. The maximum absolute atomic E-state index is 5.35. The van der Waals surface area contributed by atoms with Crippen molar-refractivity contribution < 1.29 is 4.52 Å². The maximum Gasteiger partial charge on any atom is 0.258 e. The highest BCUT2D eigenvalue weighted by Gasteiger charge is 2.14. The highest BCUT2D eigenvalue weighted by atomic mass is 16.5. The standard InChI is InChI=1S/C15H21N5O/c1-2-4-13-18-15(21-19-13)12-5-7-17-14(11-12)20-9-3-6-16-8-10-20/h5,7,11,16H,2-4,6,8-10H2,1H3. The van der Waals surface area contributed by atoms with Crippen molar-refractivity contribution in [3.8, 4) is 11.5 Å². The second-order valence-electron chi connectivity index (χ2n) is 5.26. The van der Waals surface area contributed by atoms with Crippen molar-refractivity contribution in [2.45, 2.75) is 26.2 Å². The normalized spacial score (nSPS) is 16.0. The number of hydrogen-bond acceptors (Lipinski definition) is 6. The Kier molecular flexibility index (Phi) is 4.45. The fraction of sp³-hybridized carbons (Fsp3) is 0.533. The summed E-state index contributed by atoms with van der Waals surface area (Å²) in [6.07, 6.45) is 4.81. The first-order valence-electron chi connectivity index (χ1n) is 7.61. The summed E-state index contributed by atoms with van der Waals surface area (Å²) in [4.78, 5) is 11.2. The summed E-state index contributed by atoms with van der Waals surface area (Å²) in [6.45, 7) is 6.16. The van der Waals surface area contributed by atoms with Crippen molar-refractivity contribution >= 4 is 5.82 Å². The van der Waals surface area contributed by atoms with E-state index in [2.05, 4.69) is 32.3 Å². The molecule has 21 heavy (non-hydrogen) atoms. The Morgan fingerprint density at radius 1 is 1.33 bits per heavy atom. The minimum Gasteiger partial charge on any atom is -0.355 e. The largest absolute Gasteiger partial charge is 0.355 e. The molecule has 6 nitrogen and oxygen atoms in total. The monoisotopic (exact) mass is 287 g/mol. The third-order valence-corrected chi connectivity index (χ3v) is 3.60. The Bertz CT molecular complexity index is 575. The van der Waals surface area contributed by atoms with Crippen molar-refractivity contribution in [2.24, 2.45) is 0 Å². The second-order valence-corrected chi connectivity index (χ2v) is 5.26. The molecule has 1 N–H and O–H groups in total. The van der Waals surface area contributed by atoms with Crippen LogP contribution in [0, 0.1) is 0 Å². The molecule has 112 valence electrons. The summed E-state index contributed by atoms with van der Waals surface area (Å²) in [5, 5.41) is 7.41. The molecule has 0 saturated carbocycles. The predicted molar refractivity (Wildman–Crippen MR) is 81.2 cm³/mol. The molecular formula is C15H21N5O. The van der Waals surface area contributed by atoms with Crippen LogP contribution in [0.1, 0.15) is 25.6 Å². The fourth-order valence-electron chi connectivity index (χ4n) is 2.50. The fourth-order valence-corrected chi connectivity index (χ4v) is 2.50. The lowest BCUT2D eigenvalue weighted by Crippen LogP contribution is -2.28. The average Bonchev–Trinajstić information content (AvgIpc) is 2.82. The van der Waals surface area contributed by atoms with Crippen molar-refractivity contribution in [2.75, 3.05) is 31.1 Å². The molecule has 0 spiro atoms. The number of rotatable bonds is 4. The van der Waals surface area contributed by atoms with Crippen LogP contribution in [0.2, 0.25) is 0 Å². The van der Waals surface area contributed by atoms with Gasteiger partial charge in [-0.25, -0.2) is 4.98 Å². The van der Waals surface area contributed by atoms with E-state index < -0.39 is 0 Å². The molecule has 0 amide bonds. The number of aryl methyl sites for hydroxylation is 1. The lowest BCUT2D eigenvalue weighted by Gasteiger charge is -2.21. The first-order valence-corrected chi connectivity index (χ1v) is 7.61. The lowest BCUT2D eigenvalue weighted by atomic mass is 10.2. The minimum absolute atomic E-state index is 0.579. The number of hydrogen-bond donors (Lipinski definition) is 1. The first kappa shape index (κ1) is 14.0. The van der Waals surface area contributed by atoms with Gasteiger partial charge in [-0.1, -0.05) is 12.1 Å². The SMILES string of the molecule is CCCc1noc(-c2ccnc(N3CCCNCC3)c2)n1. The molecular weight excluding hydrogens is 266 g/mol. The topological polar surface area (TPSA) is 67.1 Å². The van der Waals surface area contributed by atoms with Crippen LogP contribution in [-0.4, -0.2) is 41.3 Å². The molecule has 2 aromatic heterocycles. The summed E-state index contributed by atoms with van der Waals surface area (Å²) >= 11 is 0. The molecule has 2 aromatic rings. The van der Waals surface area contributed by atoms with E-state index >= 15 is 0 Å². The molecule has 0 aliphatic carbocycles. The van der Waals surface area contributed by atoms with Gasteiger partial charge in [0.2, 0.25) is 0 Å². The van der Waals surface area contributed by atoms with E-state index in [9.17, 15) is 0 Å². The van der Waals surface area contributed by atoms with E-state index in [1.54, 1.807) is 0 Å². The zero-order valence-corrected chi connectivity index (χ0v) is 12.4. The quantitative estimate of drug-likeness (QED) is 0.926. The van der Waals surface area contributed by atoms with Gasteiger partial charge in [-0.05, 0) is 31.5 Å². The Hall–Kier alpha value is -1.95. The van der Waals surface area contributed by atoms with Gasteiger partial charge >= 0.3 is 0 Å². The van der Waals surface area contributed by atoms with Gasteiger partial charge in [-0.2, -0.15) is 4.98 Å². The zero-order chi connectivity index (χ0) is 14.5. The number of aromatic nitrogens is 3. The van der Waals surface area contributed by atoms with E-state index in [0.29, 0.717) is 5.89 Å². The van der Waals surface area contributed by atoms with Crippen LogP contribution < -0.4 is 10.2 Å². The number of nitrogens with zero attached hydrogens (tertiary/aromatic N) is 4. The number of anilines is 1. The van der Waals surface area contributed by atoms with E-state index in [4.69, 9.17) is 4.52 Å². The Labute approximate surface area is 124 Å². The Morgan fingerprint density at radius 2 is 2.29 bits per heavy atom. The Morgan fingerprint density at radius 3 is 3.19 bits per heavy atom. The van der Waals surface area contributed by atoms with Crippen LogP contribution in [-0.2, 0) is 6.42 Å². The van der Waals surface area contributed by atoms with Gasteiger partial charge in [0.25, 0.3) is 5.89 Å². The number of pyridine rings is 1. The van der Waals surface area contributed by atoms with Crippen molar-refractivity contribution in [3.05, 3.63) is 24.2 Å². The van der Waals surface area contributed by atoms with Crippen molar-refractivity contribution in [3.63, 3.8) is 0 Å². The summed E-state index contributed by atoms with van der Waals surface area (Å²) < 4.78 is 5.35. The maximum atomic E-state index is 5.35. The van der Waals surface area contributed by atoms with Crippen LogP contribution in [0.3, 0.4) is 0 Å². The van der Waals surface area contributed by atoms with Crippen molar-refractivity contribution in [1.29, 1.82) is 0 Å². The van der Waals surface area contributed by atoms with Crippen LogP contribution >= 0.6 is 0 Å². The van der Waals surface area contributed by atoms with Gasteiger partial charge in [0.1, 0.15) is 5.82 Å². The highest BCUT2D eigenvalue weighted by molar-refractivity contribution is 5.58. The van der Waals surface area contributed by atoms with Crippen LogP contribution in [0.4, 0.5) is 5.82 Å². The van der Waals surface area contributed by atoms with E-state index in [1.165, 1.54) is 0 Å². The average molecular weight is 287 g/mol. The Balaban J connectivity index is 1.81. The molecule has 3 heterocycles. The molecule has 0 aromatic carbocycles. The van der Waals surface area contributed by atoms with Gasteiger partial charge in [0.05, 0.1) is 0 Å². The van der Waals surface area contributed by atoms with Gasteiger partial charge in [-0.3, -0.25) is 0 Å². The molecule has 1 aliphatic rings. The summed E-state index contributed by atoms with van der Waals surface area (Å²) in [6, 6.07) is 3.96. The van der Waals surface area contributed by atoms with Gasteiger partial charge in [-0.15, -0.1) is 0 Å². The van der Waals surface area contributed by atoms with Crippen LogP contribution in [0.5, 0.6) is 0 Å². The van der Waals surface area contributed by atoms with Crippen LogP contribution in [0.15, 0.2) is 22.9 Å². The molecule has 1 saturated heterocycles. The molecule has 0 bridgehead atoms. The molecule has 1 aliphatic heterocycles. The molecule has 0 radical (unpaired) electrons. The van der Waals surface area contributed by atoms with E-state index in [1.807, 2.05) is 18.3 Å². The third kappa shape index (κ3) is 3.39. The van der Waals surface area contributed by atoms with Crippen molar-refractivity contribution in [1.82, 2.24) is 20.4 Å². The molecule has 0 atom stereocenters. The smallest absolute Gasteiger partial charge is 0.258 e. The van der Waals surface area contributed by atoms with Gasteiger partial charge in [0, 0.05) is 37.8 Å². The predicted octanol–water partition coefficient (Wildman–Crippen LogP) is 1.88. The summed E-state index contributed by atoms with van der Waals surface area (Å²) in [5.41, 5.74) is 0.937. The van der Waals surface area contributed by atoms with Gasteiger partial charge < -0.3 is 14.7 Å². The molecule has 0 unspecified atom stereocenters. The van der Waals surface area contributed by atoms with E-state index in [-0.39, 0.29) is 0 Å². The third-order valence-electron chi connectivity index (χ3n) is 3.60. The summed E-state index contributed by atoms with van der Waals surface area (Å²) in [7, 11) is 0. The molecule has 1 fully saturated rings.